The molecule has 1 aliphatic rings. The Kier molecular flexibility index (Phi) is 5.85. The largest absolute Gasteiger partial charge is 0.466 e. The predicted octanol–water partition coefficient (Wildman–Crippen LogP) is 3.05. The Hall–Kier alpha value is -1.78. The van der Waals surface area contributed by atoms with Crippen LogP contribution in [-0.4, -0.2) is 35.8 Å². The maximum atomic E-state index is 12.7. The summed E-state index contributed by atoms with van der Waals surface area (Å²) in [7, 11) is 0. The second-order valence-electron chi connectivity index (χ2n) is 6.84. The van der Waals surface area contributed by atoms with E-state index in [9.17, 15) is 9.59 Å². The van der Waals surface area contributed by atoms with Crippen LogP contribution in [0.4, 0.5) is 0 Å². The van der Waals surface area contributed by atoms with Crippen LogP contribution in [0.5, 0.6) is 0 Å². The van der Waals surface area contributed by atoms with Gasteiger partial charge in [-0.3, -0.25) is 9.59 Å². The number of carbonyl (C=O) groups excluding carboxylic acids is 2. The second-order valence-corrected chi connectivity index (χ2v) is 6.84. The minimum Gasteiger partial charge on any atom is -0.466 e. The highest BCUT2D eigenvalue weighted by atomic mass is 16.3. The lowest BCUT2D eigenvalue weighted by atomic mass is 10.1. The molecule has 2 amide bonds. The van der Waals surface area contributed by atoms with E-state index in [1.807, 2.05) is 18.7 Å². The average Bonchev–Trinajstić information content (AvgIpc) is 3.23. The summed E-state index contributed by atoms with van der Waals surface area (Å²) in [6.45, 7) is 9.09. The van der Waals surface area contributed by atoms with Crippen molar-refractivity contribution in [3.05, 3.63) is 23.2 Å². The predicted molar refractivity (Wildman–Crippen MR) is 89.3 cm³/mol. The summed E-state index contributed by atoms with van der Waals surface area (Å²) in [4.78, 5) is 26.5. The second kappa shape index (κ2) is 7.66. The molecule has 0 aromatic carbocycles. The first-order chi connectivity index (χ1) is 10.9. The summed E-state index contributed by atoms with van der Waals surface area (Å²) in [5.74, 6) is 1.97. The lowest BCUT2D eigenvalue weighted by Gasteiger charge is -2.22. The zero-order valence-electron chi connectivity index (χ0n) is 14.6. The van der Waals surface area contributed by atoms with Gasteiger partial charge in [-0.15, -0.1) is 0 Å². The van der Waals surface area contributed by atoms with Crippen LogP contribution in [0.1, 0.15) is 61.4 Å². The van der Waals surface area contributed by atoms with Gasteiger partial charge in [-0.05, 0) is 45.1 Å². The first-order valence-corrected chi connectivity index (χ1v) is 8.53. The molecule has 0 atom stereocenters. The molecule has 0 aliphatic heterocycles. The number of furan rings is 1. The molecule has 1 aromatic rings. The van der Waals surface area contributed by atoms with E-state index in [1.165, 1.54) is 0 Å². The lowest BCUT2D eigenvalue weighted by Crippen LogP contribution is -2.37. The monoisotopic (exact) mass is 320 g/mol. The van der Waals surface area contributed by atoms with E-state index in [1.54, 1.807) is 6.07 Å². The van der Waals surface area contributed by atoms with Gasteiger partial charge in [-0.1, -0.05) is 13.8 Å². The third-order valence-electron chi connectivity index (χ3n) is 4.14. The van der Waals surface area contributed by atoms with Crippen molar-refractivity contribution in [3.63, 3.8) is 0 Å². The molecule has 1 fully saturated rings. The molecule has 5 heteroatoms. The Morgan fingerprint density at radius 1 is 1.35 bits per heavy atom. The Morgan fingerprint density at radius 3 is 2.57 bits per heavy atom. The van der Waals surface area contributed by atoms with Crippen molar-refractivity contribution in [2.75, 3.05) is 13.1 Å². The molecule has 0 radical (unpaired) electrons. The molecule has 0 saturated heterocycles. The van der Waals surface area contributed by atoms with Crippen LogP contribution in [0.15, 0.2) is 10.5 Å². The number of carbonyl (C=O) groups is 2. The Labute approximate surface area is 138 Å². The molecule has 2 rings (SSSR count). The lowest BCUT2D eigenvalue weighted by molar-refractivity contribution is -0.121. The van der Waals surface area contributed by atoms with Gasteiger partial charge in [0, 0.05) is 25.6 Å². The third-order valence-corrected chi connectivity index (χ3v) is 4.14. The van der Waals surface area contributed by atoms with E-state index in [0.29, 0.717) is 36.8 Å². The fourth-order valence-electron chi connectivity index (χ4n) is 2.64. The minimum absolute atomic E-state index is 0.0168. The summed E-state index contributed by atoms with van der Waals surface area (Å²) < 4.78 is 5.46. The Morgan fingerprint density at radius 2 is 2.04 bits per heavy atom. The zero-order chi connectivity index (χ0) is 17.0. The zero-order valence-corrected chi connectivity index (χ0v) is 14.6. The fourth-order valence-corrected chi connectivity index (χ4v) is 2.64. The van der Waals surface area contributed by atoms with E-state index >= 15 is 0 Å². The van der Waals surface area contributed by atoms with Gasteiger partial charge in [0.1, 0.15) is 11.5 Å². The van der Waals surface area contributed by atoms with E-state index < -0.39 is 0 Å². The normalized spacial score (nSPS) is 14.1. The van der Waals surface area contributed by atoms with Crippen LogP contribution in [-0.2, 0) is 4.79 Å². The van der Waals surface area contributed by atoms with Crippen molar-refractivity contribution in [1.29, 1.82) is 0 Å². The highest BCUT2D eigenvalue weighted by Gasteiger charge is 2.34. The number of rotatable bonds is 8. The first kappa shape index (κ1) is 17.6. The maximum Gasteiger partial charge on any atom is 0.257 e. The Balaban J connectivity index is 1.88. The number of aryl methyl sites for hydroxylation is 2. The molecule has 1 aromatic heterocycles. The van der Waals surface area contributed by atoms with Gasteiger partial charge in [-0.2, -0.15) is 0 Å². The standard InChI is InChI=1S/C18H28N2O3/c1-12(2)7-9-19-17(21)8-10-20(15-5-6-15)18(22)16-11-13(3)23-14(16)4/h11-12,15H,5-10H2,1-4H3,(H,19,21). The van der Waals surface area contributed by atoms with Crippen molar-refractivity contribution in [2.45, 2.75) is 59.4 Å². The molecule has 0 bridgehead atoms. The molecule has 0 unspecified atom stereocenters. The van der Waals surface area contributed by atoms with Crippen molar-refractivity contribution < 1.29 is 14.0 Å². The van der Waals surface area contributed by atoms with Gasteiger partial charge < -0.3 is 14.6 Å². The number of nitrogens with one attached hydrogen (secondary N) is 1. The molecule has 1 saturated carbocycles. The topological polar surface area (TPSA) is 62.6 Å². The van der Waals surface area contributed by atoms with Crippen LogP contribution in [0.25, 0.3) is 0 Å². The highest BCUT2D eigenvalue weighted by Crippen LogP contribution is 2.29. The Bertz CT molecular complexity index is 559. The summed E-state index contributed by atoms with van der Waals surface area (Å²) in [6.07, 6.45) is 3.38. The fraction of sp³-hybridized carbons (Fsp3) is 0.667. The first-order valence-electron chi connectivity index (χ1n) is 8.53. The van der Waals surface area contributed by atoms with Gasteiger partial charge in [0.25, 0.3) is 5.91 Å². The molecule has 23 heavy (non-hydrogen) atoms. The summed E-state index contributed by atoms with van der Waals surface area (Å²) in [6, 6.07) is 2.07. The molecule has 1 heterocycles. The van der Waals surface area contributed by atoms with Crippen LogP contribution < -0.4 is 5.32 Å². The maximum absolute atomic E-state index is 12.7. The van der Waals surface area contributed by atoms with E-state index in [-0.39, 0.29) is 17.9 Å². The highest BCUT2D eigenvalue weighted by molar-refractivity contribution is 5.96. The molecular weight excluding hydrogens is 292 g/mol. The van der Waals surface area contributed by atoms with Crippen molar-refractivity contribution in [1.82, 2.24) is 10.2 Å². The summed E-state index contributed by atoms with van der Waals surface area (Å²) in [5.41, 5.74) is 0.620. The number of hydrogen-bond donors (Lipinski definition) is 1. The van der Waals surface area contributed by atoms with Gasteiger partial charge in [0.15, 0.2) is 0 Å². The van der Waals surface area contributed by atoms with E-state index in [0.717, 1.165) is 25.0 Å². The van der Waals surface area contributed by atoms with Gasteiger partial charge in [0.2, 0.25) is 5.91 Å². The van der Waals surface area contributed by atoms with E-state index in [2.05, 4.69) is 19.2 Å². The number of hydrogen-bond acceptors (Lipinski definition) is 3. The number of amides is 2. The smallest absolute Gasteiger partial charge is 0.257 e. The molecule has 5 nitrogen and oxygen atoms in total. The molecule has 1 aliphatic carbocycles. The minimum atomic E-state index is -0.0168. The quantitative estimate of drug-likeness (QED) is 0.801. The van der Waals surface area contributed by atoms with Crippen LogP contribution in [0, 0.1) is 19.8 Å². The van der Waals surface area contributed by atoms with Crippen LogP contribution in [0.2, 0.25) is 0 Å². The SMILES string of the molecule is Cc1cc(C(=O)N(CCC(=O)NCCC(C)C)C2CC2)c(C)o1. The molecular formula is C18H28N2O3. The van der Waals surface area contributed by atoms with Crippen molar-refractivity contribution in [3.8, 4) is 0 Å². The molecule has 1 N–H and O–H groups in total. The third kappa shape index (κ3) is 5.12. The molecule has 128 valence electrons. The van der Waals surface area contributed by atoms with Gasteiger partial charge in [-0.25, -0.2) is 0 Å². The van der Waals surface area contributed by atoms with Crippen LogP contribution in [0.3, 0.4) is 0 Å². The van der Waals surface area contributed by atoms with Crippen molar-refractivity contribution >= 4 is 11.8 Å². The van der Waals surface area contributed by atoms with Gasteiger partial charge >= 0.3 is 0 Å². The van der Waals surface area contributed by atoms with Crippen LogP contribution >= 0.6 is 0 Å². The van der Waals surface area contributed by atoms with E-state index in [4.69, 9.17) is 4.42 Å². The number of nitrogens with zero attached hydrogens (tertiary/aromatic N) is 1. The van der Waals surface area contributed by atoms with Gasteiger partial charge in [0.05, 0.1) is 5.56 Å². The van der Waals surface area contributed by atoms with Crippen molar-refractivity contribution in [2.24, 2.45) is 5.92 Å². The summed E-state index contributed by atoms with van der Waals surface area (Å²) >= 11 is 0. The average molecular weight is 320 g/mol. The molecule has 0 spiro atoms. The summed E-state index contributed by atoms with van der Waals surface area (Å²) in [5, 5.41) is 2.93.